The van der Waals surface area contributed by atoms with Crippen molar-refractivity contribution >= 4 is 17.6 Å². The Bertz CT molecular complexity index is 455. The molecule has 0 unspecified atom stereocenters. The van der Waals surface area contributed by atoms with E-state index in [9.17, 15) is 9.59 Å². The SMILES string of the molecule is COC(=O)c1cc(N)c(OC)cc1C(=O)OC. The van der Waals surface area contributed by atoms with E-state index in [1.807, 2.05) is 0 Å². The first-order valence-corrected chi connectivity index (χ1v) is 4.69. The molecule has 0 spiro atoms. The van der Waals surface area contributed by atoms with E-state index in [0.717, 1.165) is 0 Å². The first-order chi connectivity index (χ1) is 8.04. The van der Waals surface area contributed by atoms with Crippen LogP contribution in [0, 0.1) is 0 Å². The highest BCUT2D eigenvalue weighted by atomic mass is 16.5. The molecule has 6 nitrogen and oxygen atoms in total. The number of hydrogen-bond acceptors (Lipinski definition) is 6. The molecule has 1 aromatic rings. The maximum atomic E-state index is 11.5. The van der Waals surface area contributed by atoms with Gasteiger partial charge in [0, 0.05) is 0 Å². The topological polar surface area (TPSA) is 87.9 Å². The number of ether oxygens (including phenoxy) is 3. The van der Waals surface area contributed by atoms with E-state index in [0.29, 0.717) is 0 Å². The average Bonchev–Trinajstić information content (AvgIpc) is 2.36. The van der Waals surface area contributed by atoms with Crippen LogP contribution in [0.1, 0.15) is 20.7 Å². The lowest BCUT2D eigenvalue weighted by Gasteiger charge is -2.10. The number of hydrogen-bond donors (Lipinski definition) is 1. The van der Waals surface area contributed by atoms with Crippen LogP contribution in [0.4, 0.5) is 5.69 Å². The Morgan fingerprint density at radius 1 is 1.00 bits per heavy atom. The number of carbonyl (C=O) groups excluding carboxylic acids is 2. The van der Waals surface area contributed by atoms with E-state index >= 15 is 0 Å². The molecule has 0 radical (unpaired) electrons. The van der Waals surface area contributed by atoms with Crippen LogP contribution in [0.2, 0.25) is 0 Å². The normalized spacial score (nSPS) is 9.59. The molecule has 0 fully saturated rings. The Hall–Kier alpha value is -2.24. The maximum absolute atomic E-state index is 11.5. The predicted molar refractivity (Wildman–Crippen MR) is 60.1 cm³/mol. The van der Waals surface area contributed by atoms with Crippen molar-refractivity contribution in [2.45, 2.75) is 0 Å². The molecule has 2 N–H and O–H groups in total. The van der Waals surface area contributed by atoms with E-state index in [1.54, 1.807) is 0 Å². The highest BCUT2D eigenvalue weighted by molar-refractivity contribution is 6.04. The summed E-state index contributed by atoms with van der Waals surface area (Å²) in [6.45, 7) is 0. The fraction of sp³-hybridized carbons (Fsp3) is 0.273. The fourth-order valence-corrected chi connectivity index (χ4v) is 1.33. The van der Waals surface area contributed by atoms with Crippen molar-refractivity contribution in [1.82, 2.24) is 0 Å². The summed E-state index contributed by atoms with van der Waals surface area (Å²) >= 11 is 0. The fourth-order valence-electron chi connectivity index (χ4n) is 1.33. The van der Waals surface area contributed by atoms with Gasteiger partial charge in [0.2, 0.25) is 0 Å². The summed E-state index contributed by atoms with van der Waals surface area (Å²) < 4.78 is 14.1. The van der Waals surface area contributed by atoms with Crippen molar-refractivity contribution in [3.8, 4) is 5.75 Å². The minimum atomic E-state index is -0.667. The van der Waals surface area contributed by atoms with Crippen LogP contribution < -0.4 is 10.5 Å². The van der Waals surface area contributed by atoms with E-state index in [4.69, 9.17) is 10.5 Å². The van der Waals surface area contributed by atoms with Gasteiger partial charge < -0.3 is 19.9 Å². The zero-order chi connectivity index (χ0) is 13.0. The third kappa shape index (κ3) is 2.47. The number of benzene rings is 1. The standard InChI is InChI=1S/C11H13NO5/c1-15-9-5-7(11(14)17-3)6(4-8(9)12)10(13)16-2/h4-5H,12H2,1-3H3. The second-order valence-corrected chi connectivity index (χ2v) is 3.12. The third-order valence-corrected chi connectivity index (χ3v) is 2.18. The van der Waals surface area contributed by atoms with Gasteiger partial charge >= 0.3 is 11.9 Å². The van der Waals surface area contributed by atoms with Crippen LogP contribution in [0.25, 0.3) is 0 Å². The molecule has 1 rings (SSSR count). The number of nitrogens with two attached hydrogens (primary N) is 1. The van der Waals surface area contributed by atoms with Crippen molar-refractivity contribution in [2.24, 2.45) is 0 Å². The summed E-state index contributed by atoms with van der Waals surface area (Å²) in [6, 6.07) is 2.66. The molecule has 0 aliphatic heterocycles. The Kier molecular flexibility index (Phi) is 3.92. The lowest BCUT2D eigenvalue weighted by Crippen LogP contribution is -2.13. The lowest BCUT2D eigenvalue weighted by molar-refractivity contribution is 0.0555. The van der Waals surface area contributed by atoms with Crippen LogP contribution in [0.5, 0.6) is 5.75 Å². The van der Waals surface area contributed by atoms with Crippen LogP contribution in [-0.4, -0.2) is 33.3 Å². The highest BCUT2D eigenvalue weighted by Crippen LogP contribution is 2.26. The van der Waals surface area contributed by atoms with Gasteiger partial charge in [0.15, 0.2) is 0 Å². The number of nitrogen functional groups attached to an aromatic ring is 1. The molecule has 0 aromatic heterocycles. The van der Waals surface area contributed by atoms with E-state index < -0.39 is 11.9 Å². The molecule has 0 aliphatic carbocycles. The van der Waals surface area contributed by atoms with Crippen molar-refractivity contribution < 1.29 is 23.8 Å². The van der Waals surface area contributed by atoms with Gasteiger partial charge in [0.05, 0.1) is 38.1 Å². The first kappa shape index (κ1) is 12.8. The average molecular weight is 239 g/mol. The molecule has 0 amide bonds. The smallest absolute Gasteiger partial charge is 0.338 e. The predicted octanol–water partition coefficient (Wildman–Crippen LogP) is 0.851. The van der Waals surface area contributed by atoms with Gasteiger partial charge in [-0.25, -0.2) is 9.59 Å². The molecule has 0 saturated carbocycles. The van der Waals surface area contributed by atoms with Gasteiger partial charge in [-0.05, 0) is 12.1 Å². The largest absolute Gasteiger partial charge is 0.495 e. The molecule has 6 heteroatoms. The van der Waals surface area contributed by atoms with Crippen molar-refractivity contribution in [2.75, 3.05) is 27.1 Å². The summed E-state index contributed by atoms with van der Waals surface area (Å²) in [4.78, 5) is 23.0. The van der Waals surface area contributed by atoms with Gasteiger partial charge in [0.1, 0.15) is 5.75 Å². The Morgan fingerprint density at radius 2 is 1.47 bits per heavy atom. The van der Waals surface area contributed by atoms with Crippen LogP contribution >= 0.6 is 0 Å². The van der Waals surface area contributed by atoms with Gasteiger partial charge in [-0.3, -0.25) is 0 Å². The first-order valence-electron chi connectivity index (χ1n) is 4.69. The molecule has 17 heavy (non-hydrogen) atoms. The quantitative estimate of drug-likeness (QED) is 0.621. The molecule has 1 aromatic carbocycles. The molecule has 0 aliphatic rings. The molecule has 0 bridgehead atoms. The molecule has 0 atom stereocenters. The van der Waals surface area contributed by atoms with Crippen molar-refractivity contribution in [3.05, 3.63) is 23.3 Å². The third-order valence-electron chi connectivity index (χ3n) is 2.18. The zero-order valence-corrected chi connectivity index (χ0v) is 9.77. The number of methoxy groups -OCH3 is 3. The second-order valence-electron chi connectivity index (χ2n) is 3.12. The van der Waals surface area contributed by atoms with Crippen molar-refractivity contribution in [1.29, 1.82) is 0 Å². The molecular formula is C11H13NO5. The minimum absolute atomic E-state index is 0.0395. The van der Waals surface area contributed by atoms with Gasteiger partial charge in [-0.2, -0.15) is 0 Å². The summed E-state index contributed by atoms with van der Waals surface area (Å²) in [5.74, 6) is -1.04. The Morgan fingerprint density at radius 3 is 1.88 bits per heavy atom. The summed E-state index contributed by atoms with van der Waals surface area (Å²) in [7, 11) is 3.83. The van der Waals surface area contributed by atoms with Gasteiger partial charge in [-0.1, -0.05) is 0 Å². The minimum Gasteiger partial charge on any atom is -0.495 e. The summed E-state index contributed by atoms with van der Waals surface area (Å²) in [5, 5.41) is 0. The number of rotatable bonds is 3. The molecule has 0 saturated heterocycles. The summed E-state index contributed by atoms with van der Waals surface area (Å²) in [5.41, 5.74) is 5.97. The highest BCUT2D eigenvalue weighted by Gasteiger charge is 2.21. The van der Waals surface area contributed by atoms with Crippen LogP contribution in [0.15, 0.2) is 12.1 Å². The molecule has 92 valence electrons. The van der Waals surface area contributed by atoms with Gasteiger partial charge in [-0.15, -0.1) is 0 Å². The summed E-state index contributed by atoms with van der Waals surface area (Å²) in [6.07, 6.45) is 0. The zero-order valence-electron chi connectivity index (χ0n) is 9.77. The van der Waals surface area contributed by atoms with E-state index in [1.165, 1.54) is 33.5 Å². The number of carbonyl (C=O) groups is 2. The second kappa shape index (κ2) is 5.20. The maximum Gasteiger partial charge on any atom is 0.338 e. The Labute approximate surface area is 98.3 Å². The number of anilines is 1. The van der Waals surface area contributed by atoms with Crippen LogP contribution in [0.3, 0.4) is 0 Å². The van der Waals surface area contributed by atoms with Gasteiger partial charge in [0.25, 0.3) is 0 Å². The van der Waals surface area contributed by atoms with E-state index in [2.05, 4.69) is 9.47 Å². The Balaban J connectivity index is 3.41. The number of esters is 2. The van der Waals surface area contributed by atoms with Crippen LogP contribution in [-0.2, 0) is 9.47 Å². The monoisotopic (exact) mass is 239 g/mol. The molecular weight excluding hydrogens is 226 g/mol. The van der Waals surface area contributed by atoms with E-state index in [-0.39, 0.29) is 22.6 Å². The molecule has 0 heterocycles. The lowest BCUT2D eigenvalue weighted by atomic mass is 10.1. The van der Waals surface area contributed by atoms with Crippen molar-refractivity contribution in [3.63, 3.8) is 0 Å².